The average Bonchev–Trinajstić information content (AvgIpc) is 2.29. The number of hydrogen-bond donors (Lipinski definition) is 0. The topological polar surface area (TPSA) is 0 Å². The third-order valence-corrected chi connectivity index (χ3v) is 4.28. The Morgan fingerprint density at radius 1 is 1.14 bits per heavy atom. The summed E-state index contributed by atoms with van der Waals surface area (Å²) in [6, 6.07) is 6.93. The van der Waals surface area contributed by atoms with E-state index in [9.17, 15) is 0 Å². The van der Waals surface area contributed by atoms with Gasteiger partial charge in [0, 0.05) is 0 Å². The fraction of sp³-hybridized carbons (Fsp3) is 0.571. The van der Waals surface area contributed by atoms with Gasteiger partial charge in [0.15, 0.2) is 0 Å². The second-order valence-corrected chi connectivity index (χ2v) is 5.39. The molecule has 76 valence electrons. The Morgan fingerprint density at radius 2 is 1.79 bits per heavy atom. The van der Waals surface area contributed by atoms with Crippen molar-refractivity contribution in [1.82, 2.24) is 0 Å². The fourth-order valence-electron chi connectivity index (χ4n) is 2.76. The van der Waals surface area contributed by atoms with Gasteiger partial charge in [-0.1, -0.05) is 51.5 Å². The standard InChI is InChI=1S/C14H20/c1-9-6-7-12-10(2)11(3)14(4,5)13(12)8-9/h6-8,10-11H,1-5H3/t10-,11+/m0/s1. The van der Waals surface area contributed by atoms with Crippen LogP contribution in [0.15, 0.2) is 18.2 Å². The Balaban J connectivity index is 2.63. The lowest BCUT2D eigenvalue weighted by atomic mass is 9.77. The first-order valence-electron chi connectivity index (χ1n) is 5.55. The van der Waals surface area contributed by atoms with Crippen molar-refractivity contribution in [3.8, 4) is 0 Å². The molecule has 0 fully saturated rings. The van der Waals surface area contributed by atoms with Gasteiger partial charge in [0.1, 0.15) is 0 Å². The van der Waals surface area contributed by atoms with Crippen molar-refractivity contribution in [2.24, 2.45) is 5.92 Å². The van der Waals surface area contributed by atoms with E-state index in [2.05, 4.69) is 52.8 Å². The molecule has 0 saturated heterocycles. The van der Waals surface area contributed by atoms with E-state index in [4.69, 9.17) is 0 Å². The molecule has 2 rings (SSSR count). The number of fused-ring (bicyclic) bond motifs is 1. The van der Waals surface area contributed by atoms with Crippen LogP contribution >= 0.6 is 0 Å². The summed E-state index contributed by atoms with van der Waals surface area (Å²) in [6.45, 7) is 11.7. The molecule has 0 spiro atoms. The summed E-state index contributed by atoms with van der Waals surface area (Å²) in [5, 5.41) is 0. The summed E-state index contributed by atoms with van der Waals surface area (Å²) < 4.78 is 0. The van der Waals surface area contributed by atoms with Crippen LogP contribution in [-0.4, -0.2) is 0 Å². The van der Waals surface area contributed by atoms with E-state index in [1.165, 1.54) is 5.56 Å². The third kappa shape index (κ3) is 1.13. The zero-order valence-corrected chi connectivity index (χ0v) is 9.89. The molecule has 0 N–H and O–H groups in total. The van der Waals surface area contributed by atoms with E-state index in [0.717, 1.165) is 5.92 Å². The molecule has 0 unspecified atom stereocenters. The third-order valence-electron chi connectivity index (χ3n) is 4.28. The molecule has 14 heavy (non-hydrogen) atoms. The highest BCUT2D eigenvalue weighted by atomic mass is 14.4. The van der Waals surface area contributed by atoms with E-state index >= 15 is 0 Å². The van der Waals surface area contributed by atoms with Gasteiger partial charge in [-0.2, -0.15) is 0 Å². The monoisotopic (exact) mass is 188 g/mol. The van der Waals surface area contributed by atoms with Crippen molar-refractivity contribution in [1.29, 1.82) is 0 Å². The quantitative estimate of drug-likeness (QED) is 0.576. The minimum atomic E-state index is 0.348. The molecular weight excluding hydrogens is 168 g/mol. The number of hydrogen-bond acceptors (Lipinski definition) is 0. The second kappa shape index (κ2) is 2.85. The number of benzene rings is 1. The molecule has 0 aliphatic heterocycles. The van der Waals surface area contributed by atoms with Crippen LogP contribution in [0.3, 0.4) is 0 Å². The maximum absolute atomic E-state index is 2.38. The Hall–Kier alpha value is -0.780. The van der Waals surface area contributed by atoms with E-state index in [-0.39, 0.29) is 0 Å². The normalized spacial score (nSPS) is 28.9. The van der Waals surface area contributed by atoms with Gasteiger partial charge in [0.2, 0.25) is 0 Å². The molecule has 0 bridgehead atoms. The lowest BCUT2D eigenvalue weighted by Gasteiger charge is -2.27. The lowest BCUT2D eigenvalue weighted by Crippen LogP contribution is -2.22. The molecule has 1 aromatic carbocycles. The van der Waals surface area contributed by atoms with E-state index < -0.39 is 0 Å². The highest BCUT2D eigenvalue weighted by Crippen LogP contribution is 2.49. The van der Waals surface area contributed by atoms with Crippen LogP contribution < -0.4 is 0 Å². The maximum atomic E-state index is 2.38. The highest BCUT2D eigenvalue weighted by Gasteiger charge is 2.40. The average molecular weight is 188 g/mol. The summed E-state index contributed by atoms with van der Waals surface area (Å²) >= 11 is 0. The van der Waals surface area contributed by atoms with Crippen molar-refractivity contribution in [3.63, 3.8) is 0 Å². The van der Waals surface area contributed by atoms with Crippen LogP contribution in [0.4, 0.5) is 0 Å². The van der Waals surface area contributed by atoms with E-state index in [1.807, 2.05) is 0 Å². The van der Waals surface area contributed by atoms with Gasteiger partial charge >= 0.3 is 0 Å². The van der Waals surface area contributed by atoms with Crippen molar-refractivity contribution in [3.05, 3.63) is 34.9 Å². The Labute approximate surface area is 87.3 Å². The van der Waals surface area contributed by atoms with Crippen molar-refractivity contribution in [2.45, 2.75) is 46.0 Å². The molecule has 0 heterocycles. The van der Waals surface area contributed by atoms with Crippen molar-refractivity contribution >= 4 is 0 Å². The first-order chi connectivity index (χ1) is 6.44. The van der Waals surface area contributed by atoms with Crippen molar-refractivity contribution in [2.75, 3.05) is 0 Å². The van der Waals surface area contributed by atoms with E-state index in [0.29, 0.717) is 11.3 Å². The summed E-state index contributed by atoms with van der Waals surface area (Å²) in [6.07, 6.45) is 0. The van der Waals surface area contributed by atoms with Crippen LogP contribution in [-0.2, 0) is 5.41 Å². The maximum Gasteiger partial charge on any atom is -0.00693 e. The van der Waals surface area contributed by atoms with Crippen LogP contribution in [0.25, 0.3) is 0 Å². The van der Waals surface area contributed by atoms with Crippen LogP contribution in [0.1, 0.15) is 50.3 Å². The molecule has 1 aliphatic rings. The molecule has 0 saturated carbocycles. The Kier molecular flexibility index (Phi) is 1.99. The summed E-state index contributed by atoms with van der Waals surface area (Å²) in [5.74, 6) is 1.46. The van der Waals surface area contributed by atoms with Gasteiger partial charge in [-0.25, -0.2) is 0 Å². The van der Waals surface area contributed by atoms with Gasteiger partial charge in [0.25, 0.3) is 0 Å². The largest absolute Gasteiger partial charge is 0.0611 e. The second-order valence-electron chi connectivity index (χ2n) is 5.39. The predicted molar refractivity (Wildman–Crippen MR) is 61.8 cm³/mol. The molecule has 2 atom stereocenters. The summed E-state index contributed by atoms with van der Waals surface area (Å²) in [4.78, 5) is 0. The molecule has 1 aromatic rings. The molecule has 1 aliphatic carbocycles. The highest BCUT2D eigenvalue weighted by molar-refractivity contribution is 5.44. The van der Waals surface area contributed by atoms with Gasteiger partial charge in [-0.15, -0.1) is 0 Å². The van der Waals surface area contributed by atoms with Gasteiger partial charge in [-0.05, 0) is 35.3 Å². The van der Waals surface area contributed by atoms with Crippen LogP contribution in [0, 0.1) is 12.8 Å². The molecular formula is C14H20. The lowest BCUT2D eigenvalue weighted by molar-refractivity contribution is 0.342. The van der Waals surface area contributed by atoms with E-state index in [1.54, 1.807) is 11.1 Å². The van der Waals surface area contributed by atoms with Crippen LogP contribution in [0.2, 0.25) is 0 Å². The smallest absolute Gasteiger partial charge is 0.00693 e. The van der Waals surface area contributed by atoms with Gasteiger partial charge in [0.05, 0.1) is 0 Å². The van der Waals surface area contributed by atoms with Crippen LogP contribution in [0.5, 0.6) is 0 Å². The van der Waals surface area contributed by atoms with Gasteiger partial charge in [-0.3, -0.25) is 0 Å². The SMILES string of the molecule is Cc1ccc2c(c1)C(C)(C)[C@H](C)[C@@H]2C. The molecule has 0 radical (unpaired) electrons. The molecule has 0 nitrogen and oxygen atoms in total. The first-order valence-corrected chi connectivity index (χ1v) is 5.55. The van der Waals surface area contributed by atoms with Crippen molar-refractivity contribution < 1.29 is 0 Å². The zero-order valence-electron chi connectivity index (χ0n) is 9.89. The Morgan fingerprint density at radius 3 is 2.43 bits per heavy atom. The minimum absolute atomic E-state index is 0.348. The fourth-order valence-corrected chi connectivity index (χ4v) is 2.76. The minimum Gasteiger partial charge on any atom is -0.0611 e. The zero-order chi connectivity index (χ0) is 10.5. The number of aryl methyl sites for hydroxylation is 1. The molecule has 0 heteroatoms. The summed E-state index contributed by atoms with van der Waals surface area (Å²) in [7, 11) is 0. The molecule has 0 aromatic heterocycles. The number of rotatable bonds is 0. The molecule has 0 amide bonds. The first kappa shape index (κ1) is 9.76. The predicted octanol–water partition coefficient (Wildman–Crippen LogP) is 4.03. The Bertz CT molecular complexity index is 360. The van der Waals surface area contributed by atoms with Gasteiger partial charge < -0.3 is 0 Å². The summed E-state index contributed by atoms with van der Waals surface area (Å²) in [5.41, 5.74) is 4.87.